The Morgan fingerprint density at radius 3 is 2.58 bits per heavy atom. The summed E-state index contributed by atoms with van der Waals surface area (Å²) in [6.07, 6.45) is 1.35. The second-order valence-electron chi connectivity index (χ2n) is 6.28. The van der Waals surface area contributed by atoms with Crippen molar-refractivity contribution in [3.8, 4) is 0 Å². The zero-order chi connectivity index (χ0) is 14.0. The Hall–Kier alpha value is -1.02. The summed E-state index contributed by atoms with van der Waals surface area (Å²) in [5.41, 5.74) is 2.83. The lowest BCUT2D eigenvalue weighted by atomic mass is 9.85. The van der Waals surface area contributed by atoms with E-state index in [-0.39, 0.29) is 0 Å². The van der Waals surface area contributed by atoms with Gasteiger partial charge in [-0.1, -0.05) is 32.0 Å². The number of anilines is 1. The Balaban J connectivity index is 2.34. The van der Waals surface area contributed by atoms with Crippen molar-refractivity contribution in [2.75, 3.05) is 18.5 Å². The lowest BCUT2D eigenvalue weighted by Crippen LogP contribution is -2.46. The number of para-hydroxylation sites is 1. The van der Waals surface area contributed by atoms with E-state index in [4.69, 9.17) is 0 Å². The summed E-state index contributed by atoms with van der Waals surface area (Å²) in [7, 11) is 2.03. The zero-order valence-corrected chi connectivity index (χ0v) is 13.0. The monoisotopic (exact) mass is 260 g/mol. The maximum atomic E-state index is 3.37. The molecule has 1 N–H and O–H groups in total. The molecule has 19 heavy (non-hydrogen) atoms. The van der Waals surface area contributed by atoms with Gasteiger partial charge in [-0.2, -0.15) is 0 Å². The summed E-state index contributed by atoms with van der Waals surface area (Å²) < 4.78 is 0. The molecule has 1 aliphatic rings. The quantitative estimate of drug-likeness (QED) is 0.888. The first kappa shape index (κ1) is 14.4. The lowest BCUT2D eigenvalue weighted by Gasteiger charge is -2.43. The van der Waals surface area contributed by atoms with Crippen LogP contribution in [0.3, 0.4) is 0 Å². The van der Waals surface area contributed by atoms with Crippen LogP contribution < -0.4 is 10.2 Å². The molecule has 0 amide bonds. The normalized spacial score (nSPS) is 29.3. The van der Waals surface area contributed by atoms with E-state index in [2.05, 4.69) is 62.2 Å². The molecule has 1 aromatic rings. The van der Waals surface area contributed by atoms with Crippen molar-refractivity contribution in [2.24, 2.45) is 11.8 Å². The molecule has 2 nitrogen and oxygen atoms in total. The number of benzene rings is 1. The summed E-state index contributed by atoms with van der Waals surface area (Å²) in [5, 5.41) is 3.37. The van der Waals surface area contributed by atoms with Gasteiger partial charge in [0.15, 0.2) is 0 Å². The fraction of sp³-hybridized carbons (Fsp3) is 0.647. The van der Waals surface area contributed by atoms with Crippen LogP contribution in [0.15, 0.2) is 24.3 Å². The third-order valence-electron chi connectivity index (χ3n) is 4.74. The van der Waals surface area contributed by atoms with Gasteiger partial charge in [0.1, 0.15) is 0 Å². The third-order valence-corrected chi connectivity index (χ3v) is 4.74. The molecule has 0 radical (unpaired) electrons. The second kappa shape index (κ2) is 5.96. The first-order chi connectivity index (χ1) is 9.04. The molecule has 0 aliphatic carbocycles. The van der Waals surface area contributed by atoms with E-state index in [1.165, 1.54) is 24.2 Å². The zero-order valence-electron chi connectivity index (χ0n) is 13.0. The van der Waals surface area contributed by atoms with E-state index in [1.54, 1.807) is 0 Å². The topological polar surface area (TPSA) is 15.3 Å². The number of piperidine rings is 1. The molecule has 0 spiro atoms. The van der Waals surface area contributed by atoms with E-state index in [0.717, 1.165) is 11.8 Å². The maximum absolute atomic E-state index is 3.37. The molecule has 1 saturated heterocycles. The predicted octanol–water partition coefficient (Wildman–Crippen LogP) is 3.84. The van der Waals surface area contributed by atoms with Crippen molar-refractivity contribution in [3.05, 3.63) is 29.8 Å². The highest BCUT2D eigenvalue weighted by molar-refractivity contribution is 5.56. The van der Waals surface area contributed by atoms with E-state index in [9.17, 15) is 0 Å². The molecule has 2 rings (SSSR count). The molecule has 4 atom stereocenters. The van der Waals surface area contributed by atoms with Gasteiger partial charge in [0, 0.05) is 24.3 Å². The van der Waals surface area contributed by atoms with Crippen LogP contribution in [0.4, 0.5) is 5.69 Å². The molecule has 0 aromatic heterocycles. The van der Waals surface area contributed by atoms with Crippen LogP contribution in [0.2, 0.25) is 0 Å². The van der Waals surface area contributed by atoms with Gasteiger partial charge in [-0.25, -0.2) is 0 Å². The largest absolute Gasteiger partial charge is 0.368 e. The Labute approximate surface area is 118 Å². The minimum Gasteiger partial charge on any atom is -0.368 e. The molecular formula is C17H28N2. The van der Waals surface area contributed by atoms with Crippen molar-refractivity contribution >= 4 is 5.69 Å². The fourth-order valence-electron chi connectivity index (χ4n) is 3.30. The molecule has 0 bridgehead atoms. The Kier molecular flexibility index (Phi) is 4.51. The van der Waals surface area contributed by atoms with Crippen molar-refractivity contribution < 1.29 is 0 Å². The van der Waals surface area contributed by atoms with E-state index in [0.29, 0.717) is 12.1 Å². The summed E-state index contributed by atoms with van der Waals surface area (Å²) in [4.78, 5) is 2.61. The number of rotatable bonds is 3. The lowest BCUT2D eigenvalue weighted by molar-refractivity contribution is 0.296. The van der Waals surface area contributed by atoms with Crippen LogP contribution >= 0.6 is 0 Å². The number of hydrogen-bond donors (Lipinski definition) is 1. The molecule has 2 heteroatoms. The first-order valence-electron chi connectivity index (χ1n) is 7.57. The van der Waals surface area contributed by atoms with E-state index in [1.807, 2.05) is 7.05 Å². The Morgan fingerprint density at radius 1 is 1.21 bits per heavy atom. The molecule has 0 saturated carbocycles. The van der Waals surface area contributed by atoms with Gasteiger partial charge in [0.05, 0.1) is 0 Å². The van der Waals surface area contributed by atoms with Crippen LogP contribution in [-0.4, -0.2) is 19.6 Å². The van der Waals surface area contributed by atoms with Gasteiger partial charge in [0.25, 0.3) is 0 Å². The van der Waals surface area contributed by atoms with Crippen LogP contribution in [-0.2, 0) is 0 Å². The summed E-state index contributed by atoms with van der Waals surface area (Å²) >= 11 is 0. The van der Waals surface area contributed by atoms with Crippen molar-refractivity contribution in [1.82, 2.24) is 5.32 Å². The number of nitrogens with zero attached hydrogens (tertiary/aromatic N) is 1. The molecule has 106 valence electrons. The van der Waals surface area contributed by atoms with Gasteiger partial charge < -0.3 is 10.2 Å². The smallest absolute Gasteiger partial charge is 0.0417 e. The Morgan fingerprint density at radius 2 is 1.89 bits per heavy atom. The highest BCUT2D eigenvalue weighted by atomic mass is 15.2. The number of hydrogen-bond acceptors (Lipinski definition) is 2. The van der Waals surface area contributed by atoms with E-state index < -0.39 is 0 Å². The molecule has 1 heterocycles. The Bertz CT molecular complexity index is 415. The average Bonchev–Trinajstić information content (AvgIpc) is 2.42. The predicted molar refractivity (Wildman–Crippen MR) is 83.7 cm³/mol. The number of nitrogens with one attached hydrogen (secondary N) is 1. The van der Waals surface area contributed by atoms with Crippen LogP contribution in [0, 0.1) is 11.8 Å². The maximum Gasteiger partial charge on any atom is 0.0417 e. The summed E-state index contributed by atoms with van der Waals surface area (Å²) in [6.45, 7) is 10.5. The van der Waals surface area contributed by atoms with Crippen molar-refractivity contribution in [3.63, 3.8) is 0 Å². The fourth-order valence-corrected chi connectivity index (χ4v) is 3.30. The van der Waals surface area contributed by atoms with Crippen LogP contribution in [0.25, 0.3) is 0 Å². The summed E-state index contributed by atoms with van der Waals surface area (Å²) in [6, 6.07) is 9.88. The van der Waals surface area contributed by atoms with Crippen LogP contribution in [0.1, 0.15) is 45.7 Å². The van der Waals surface area contributed by atoms with Crippen molar-refractivity contribution in [2.45, 2.75) is 46.2 Å². The minimum absolute atomic E-state index is 0.399. The van der Waals surface area contributed by atoms with Gasteiger partial charge in [-0.3, -0.25) is 0 Å². The van der Waals surface area contributed by atoms with Crippen LogP contribution in [0.5, 0.6) is 0 Å². The van der Waals surface area contributed by atoms with Gasteiger partial charge in [-0.05, 0) is 50.8 Å². The molecular weight excluding hydrogens is 232 g/mol. The minimum atomic E-state index is 0.399. The second-order valence-corrected chi connectivity index (χ2v) is 6.28. The SMILES string of the molecule is CNC(C)c1ccccc1N1CC(C)CC(C)C1C. The highest BCUT2D eigenvalue weighted by Gasteiger charge is 2.30. The average molecular weight is 260 g/mol. The molecule has 1 aliphatic heterocycles. The molecule has 4 unspecified atom stereocenters. The van der Waals surface area contributed by atoms with Gasteiger partial charge >= 0.3 is 0 Å². The standard InChI is InChI=1S/C17H28N2/c1-12-10-13(2)15(4)19(11-12)17-9-7-6-8-16(17)14(3)18-5/h6-9,12-15,18H,10-11H2,1-5H3. The first-order valence-corrected chi connectivity index (χ1v) is 7.57. The van der Waals surface area contributed by atoms with Crippen molar-refractivity contribution in [1.29, 1.82) is 0 Å². The molecule has 1 fully saturated rings. The van der Waals surface area contributed by atoms with Gasteiger partial charge in [0.2, 0.25) is 0 Å². The van der Waals surface area contributed by atoms with Gasteiger partial charge in [-0.15, -0.1) is 0 Å². The summed E-state index contributed by atoms with van der Waals surface area (Å²) in [5.74, 6) is 1.55. The highest BCUT2D eigenvalue weighted by Crippen LogP contribution is 2.34. The molecule has 1 aromatic carbocycles. The third kappa shape index (κ3) is 2.94. The van der Waals surface area contributed by atoms with E-state index >= 15 is 0 Å².